The summed E-state index contributed by atoms with van der Waals surface area (Å²) in [4.78, 5) is 11.0. The van der Waals surface area contributed by atoms with Crippen molar-refractivity contribution in [1.29, 1.82) is 0 Å². The fourth-order valence-electron chi connectivity index (χ4n) is 1.70. The quantitative estimate of drug-likeness (QED) is 0.541. The molecule has 13 heavy (non-hydrogen) atoms. The molecular weight excluding hydrogens is 178 g/mol. The average Bonchev–Trinajstić information content (AvgIpc) is 2.34. The van der Waals surface area contributed by atoms with Crippen LogP contribution in [0.4, 0.5) is 0 Å². The SMILES string of the molecule is C=CC(C1C=CC(=O)N1)[Si](C)(C)C. The minimum absolute atomic E-state index is 0.0232. The standard InChI is InChI=1S/C10H17NOSi/c1-5-9(13(2,3)4)8-6-7-10(12)11-8/h5-9H,1H2,2-4H3,(H,11,12). The molecule has 1 aliphatic heterocycles. The molecule has 0 aromatic heterocycles. The van der Waals surface area contributed by atoms with E-state index in [0.717, 1.165) is 0 Å². The van der Waals surface area contributed by atoms with Crippen molar-refractivity contribution < 1.29 is 4.79 Å². The smallest absolute Gasteiger partial charge is 0.244 e. The van der Waals surface area contributed by atoms with Gasteiger partial charge in [0.1, 0.15) is 0 Å². The first-order chi connectivity index (χ1) is 5.95. The molecule has 1 heterocycles. The number of carbonyl (C=O) groups is 1. The Bertz CT molecular complexity index is 252. The van der Waals surface area contributed by atoms with Crippen LogP contribution in [0, 0.1) is 0 Å². The molecule has 0 saturated heterocycles. The molecule has 1 rings (SSSR count). The van der Waals surface area contributed by atoms with Gasteiger partial charge in [-0.25, -0.2) is 0 Å². The highest BCUT2D eigenvalue weighted by Gasteiger charge is 2.32. The molecule has 1 amide bonds. The van der Waals surface area contributed by atoms with Crippen molar-refractivity contribution >= 4 is 14.0 Å². The maximum Gasteiger partial charge on any atom is 0.244 e. The van der Waals surface area contributed by atoms with Crippen molar-refractivity contribution in [2.45, 2.75) is 31.2 Å². The molecule has 2 unspecified atom stereocenters. The van der Waals surface area contributed by atoms with Crippen LogP contribution >= 0.6 is 0 Å². The molecule has 0 aromatic carbocycles. The number of carbonyl (C=O) groups excluding carboxylic acids is 1. The van der Waals surface area contributed by atoms with Crippen molar-refractivity contribution in [1.82, 2.24) is 5.32 Å². The summed E-state index contributed by atoms with van der Waals surface area (Å²) in [6.45, 7) is 10.7. The predicted octanol–water partition coefficient (Wildman–Crippen LogP) is 1.94. The number of nitrogens with one attached hydrogen (secondary N) is 1. The van der Waals surface area contributed by atoms with Gasteiger partial charge in [0, 0.05) is 6.08 Å². The van der Waals surface area contributed by atoms with Crippen LogP contribution < -0.4 is 5.32 Å². The van der Waals surface area contributed by atoms with E-state index in [0.29, 0.717) is 5.54 Å². The zero-order chi connectivity index (χ0) is 10.1. The van der Waals surface area contributed by atoms with Crippen LogP contribution in [0.5, 0.6) is 0 Å². The Morgan fingerprint density at radius 1 is 1.62 bits per heavy atom. The Labute approximate surface area is 80.7 Å². The van der Waals surface area contributed by atoms with Crippen LogP contribution in [0.1, 0.15) is 0 Å². The van der Waals surface area contributed by atoms with E-state index in [9.17, 15) is 4.79 Å². The van der Waals surface area contributed by atoms with Gasteiger partial charge in [-0.1, -0.05) is 31.8 Å². The monoisotopic (exact) mass is 195 g/mol. The topological polar surface area (TPSA) is 29.1 Å². The van der Waals surface area contributed by atoms with Gasteiger partial charge in [0.15, 0.2) is 0 Å². The van der Waals surface area contributed by atoms with Crippen LogP contribution in [-0.4, -0.2) is 20.0 Å². The lowest BCUT2D eigenvalue weighted by molar-refractivity contribution is -0.116. The highest BCUT2D eigenvalue weighted by atomic mass is 28.3. The van der Waals surface area contributed by atoms with Crippen LogP contribution in [0.3, 0.4) is 0 Å². The summed E-state index contributed by atoms with van der Waals surface area (Å²) >= 11 is 0. The average molecular weight is 195 g/mol. The molecule has 0 aliphatic carbocycles. The minimum Gasteiger partial charge on any atom is -0.346 e. The Morgan fingerprint density at radius 2 is 2.23 bits per heavy atom. The summed E-state index contributed by atoms with van der Waals surface area (Å²) in [6, 6.07) is 0.177. The lowest BCUT2D eigenvalue weighted by Gasteiger charge is -2.30. The van der Waals surface area contributed by atoms with Gasteiger partial charge < -0.3 is 5.32 Å². The second kappa shape index (κ2) is 3.50. The van der Waals surface area contributed by atoms with Crippen LogP contribution in [0.25, 0.3) is 0 Å². The fourth-order valence-corrected chi connectivity index (χ4v) is 3.68. The molecule has 0 radical (unpaired) electrons. The van der Waals surface area contributed by atoms with Gasteiger partial charge in [0.2, 0.25) is 5.91 Å². The normalized spacial score (nSPS) is 24.2. The van der Waals surface area contributed by atoms with Gasteiger partial charge in [0.25, 0.3) is 0 Å². The molecule has 3 heteroatoms. The van der Waals surface area contributed by atoms with Crippen molar-refractivity contribution in [2.24, 2.45) is 0 Å². The number of rotatable bonds is 3. The van der Waals surface area contributed by atoms with Crippen LogP contribution in [0.15, 0.2) is 24.8 Å². The minimum atomic E-state index is -1.27. The summed E-state index contributed by atoms with van der Waals surface area (Å²) in [5.74, 6) is 0.0232. The zero-order valence-electron chi connectivity index (χ0n) is 8.50. The summed E-state index contributed by atoms with van der Waals surface area (Å²) in [5, 5.41) is 2.92. The Hall–Kier alpha value is -0.833. The second-order valence-corrected chi connectivity index (χ2v) is 9.92. The van der Waals surface area contributed by atoms with Crippen molar-refractivity contribution in [3.63, 3.8) is 0 Å². The van der Waals surface area contributed by atoms with E-state index in [2.05, 4.69) is 31.5 Å². The van der Waals surface area contributed by atoms with Gasteiger partial charge in [-0.3, -0.25) is 4.79 Å². The maximum absolute atomic E-state index is 11.0. The van der Waals surface area contributed by atoms with Crippen molar-refractivity contribution in [2.75, 3.05) is 0 Å². The van der Waals surface area contributed by atoms with E-state index in [1.165, 1.54) is 0 Å². The molecule has 1 N–H and O–H groups in total. The molecule has 2 atom stereocenters. The van der Waals surface area contributed by atoms with Crippen LogP contribution in [-0.2, 0) is 4.79 Å². The molecular formula is C10H17NOSi. The zero-order valence-corrected chi connectivity index (χ0v) is 9.50. The molecule has 1 aliphatic rings. The van der Waals surface area contributed by atoms with Gasteiger partial charge in [-0.15, -0.1) is 6.58 Å². The van der Waals surface area contributed by atoms with E-state index in [1.807, 2.05) is 12.2 Å². The third kappa shape index (κ3) is 2.31. The van der Waals surface area contributed by atoms with Crippen molar-refractivity contribution in [3.05, 3.63) is 24.8 Å². The summed E-state index contributed by atoms with van der Waals surface area (Å²) < 4.78 is 0. The molecule has 2 nitrogen and oxygen atoms in total. The highest BCUT2D eigenvalue weighted by molar-refractivity contribution is 6.78. The Morgan fingerprint density at radius 3 is 2.54 bits per heavy atom. The molecule has 0 aromatic rings. The lowest BCUT2D eigenvalue weighted by Crippen LogP contribution is -2.41. The fraction of sp³-hybridized carbons (Fsp3) is 0.500. The van der Waals surface area contributed by atoms with Gasteiger partial charge in [-0.05, 0) is 5.54 Å². The third-order valence-electron chi connectivity index (χ3n) is 2.40. The molecule has 72 valence electrons. The number of hydrogen-bond acceptors (Lipinski definition) is 1. The van der Waals surface area contributed by atoms with E-state index in [4.69, 9.17) is 0 Å². The molecule has 0 bridgehead atoms. The van der Waals surface area contributed by atoms with Crippen LogP contribution in [0.2, 0.25) is 25.2 Å². The van der Waals surface area contributed by atoms with Crippen molar-refractivity contribution in [3.8, 4) is 0 Å². The Kier molecular flexibility index (Phi) is 2.76. The number of amides is 1. The summed E-state index contributed by atoms with van der Waals surface area (Å²) in [5.41, 5.74) is 0.426. The highest BCUT2D eigenvalue weighted by Crippen LogP contribution is 2.28. The lowest BCUT2D eigenvalue weighted by atomic mass is 10.2. The summed E-state index contributed by atoms with van der Waals surface area (Å²) in [7, 11) is -1.27. The molecule has 0 fully saturated rings. The second-order valence-electron chi connectivity index (χ2n) is 4.52. The van der Waals surface area contributed by atoms with E-state index >= 15 is 0 Å². The first-order valence-electron chi connectivity index (χ1n) is 4.56. The first-order valence-corrected chi connectivity index (χ1v) is 8.14. The van der Waals surface area contributed by atoms with E-state index in [1.54, 1.807) is 6.08 Å². The first kappa shape index (κ1) is 10.2. The largest absolute Gasteiger partial charge is 0.346 e. The van der Waals surface area contributed by atoms with Gasteiger partial charge in [0.05, 0.1) is 14.1 Å². The van der Waals surface area contributed by atoms with Gasteiger partial charge >= 0.3 is 0 Å². The van der Waals surface area contributed by atoms with Gasteiger partial charge in [-0.2, -0.15) is 0 Å². The summed E-state index contributed by atoms with van der Waals surface area (Å²) in [6.07, 6.45) is 5.54. The Balaban J connectivity index is 2.75. The molecule has 0 spiro atoms. The number of hydrogen-bond donors (Lipinski definition) is 1. The predicted molar refractivity (Wildman–Crippen MR) is 58.4 cm³/mol. The van der Waals surface area contributed by atoms with E-state index < -0.39 is 8.07 Å². The third-order valence-corrected chi connectivity index (χ3v) is 5.00. The molecule has 0 saturated carbocycles. The maximum atomic E-state index is 11.0. The van der Waals surface area contributed by atoms with E-state index in [-0.39, 0.29) is 11.9 Å².